The molecule has 3 rings (SSSR count). The number of rotatable bonds is 9. The van der Waals surface area contributed by atoms with E-state index >= 15 is 0 Å². The fourth-order valence-electron chi connectivity index (χ4n) is 3.22. The van der Waals surface area contributed by atoms with E-state index in [2.05, 4.69) is 19.6 Å². The second-order valence-corrected chi connectivity index (χ2v) is 10.4. The summed E-state index contributed by atoms with van der Waals surface area (Å²) in [5.41, 5.74) is 0.588. The summed E-state index contributed by atoms with van der Waals surface area (Å²) >= 11 is 0. The molecule has 3 aromatic rings. The monoisotopic (exact) mass is 526 g/mol. The number of hydrogen-bond donors (Lipinski definition) is 3. The third kappa shape index (κ3) is 7.47. The lowest BCUT2D eigenvalue weighted by Gasteiger charge is -2.18. The highest BCUT2D eigenvalue weighted by molar-refractivity contribution is 7.98. The predicted molar refractivity (Wildman–Crippen MR) is 130 cm³/mol. The van der Waals surface area contributed by atoms with Crippen LogP contribution in [0.25, 0.3) is 11.3 Å². The predicted octanol–water partition coefficient (Wildman–Crippen LogP) is 4.77. The van der Waals surface area contributed by atoms with Crippen molar-refractivity contribution in [2.24, 2.45) is 4.36 Å². The lowest BCUT2D eigenvalue weighted by Crippen LogP contribution is -2.15. The number of hydrogen-bond acceptors (Lipinski definition) is 7. The second-order valence-electron chi connectivity index (χ2n) is 7.66. The van der Waals surface area contributed by atoms with Crippen molar-refractivity contribution in [1.29, 1.82) is 0 Å². The number of ether oxygens (including phenoxy) is 3. The zero-order chi connectivity index (χ0) is 26.3. The Labute approximate surface area is 206 Å². The maximum Gasteiger partial charge on any atom is 0.439 e. The SMILES string of the molecule is COCCOC(=O)N=[SH](C)(O)Cc1cc(F)cc(Nc2ncc(F)c(-c3ccc(F)cc3OC)n2)c1. The number of thiol groups is 1. The Hall–Kier alpha value is -3.55. The van der Waals surface area contributed by atoms with Crippen molar-refractivity contribution < 1.29 is 36.7 Å². The number of anilines is 2. The normalized spacial score (nSPS) is 11.6. The summed E-state index contributed by atoms with van der Waals surface area (Å²) in [6.45, 7) is 0.165. The molecule has 1 amide bonds. The van der Waals surface area contributed by atoms with Crippen LogP contribution in [0.3, 0.4) is 0 Å². The fourth-order valence-corrected chi connectivity index (χ4v) is 4.57. The van der Waals surface area contributed by atoms with Crippen LogP contribution < -0.4 is 10.1 Å². The van der Waals surface area contributed by atoms with Crippen molar-refractivity contribution in [1.82, 2.24) is 9.97 Å². The highest BCUT2D eigenvalue weighted by Gasteiger charge is 2.16. The number of nitrogens with one attached hydrogen (secondary N) is 1. The maximum atomic E-state index is 14.5. The maximum absolute atomic E-state index is 14.5. The Balaban J connectivity index is 1.84. The van der Waals surface area contributed by atoms with Gasteiger partial charge in [-0.15, -0.1) is 0 Å². The Bertz CT molecular complexity index is 1300. The number of halogens is 3. The van der Waals surface area contributed by atoms with Crippen LogP contribution in [0, 0.1) is 17.5 Å². The molecule has 0 fully saturated rings. The number of carbonyl (C=O) groups is 1. The Kier molecular flexibility index (Phi) is 8.96. The molecular weight excluding hydrogens is 501 g/mol. The molecule has 0 spiro atoms. The van der Waals surface area contributed by atoms with E-state index in [1.54, 1.807) is 0 Å². The first-order valence-corrected chi connectivity index (χ1v) is 12.8. The van der Waals surface area contributed by atoms with E-state index in [1.807, 2.05) is 0 Å². The lowest BCUT2D eigenvalue weighted by atomic mass is 10.1. The first-order chi connectivity index (χ1) is 17.1. The molecule has 0 aliphatic rings. The van der Waals surface area contributed by atoms with Gasteiger partial charge >= 0.3 is 6.09 Å². The van der Waals surface area contributed by atoms with Crippen LogP contribution in [0.15, 0.2) is 47.0 Å². The molecule has 0 aliphatic heterocycles. The Morgan fingerprint density at radius 3 is 2.61 bits per heavy atom. The van der Waals surface area contributed by atoms with Gasteiger partial charge in [-0.05, 0) is 42.2 Å². The summed E-state index contributed by atoms with van der Waals surface area (Å²) < 4.78 is 71.4. The van der Waals surface area contributed by atoms with E-state index in [0.29, 0.717) is 5.56 Å². The average molecular weight is 527 g/mol. The van der Waals surface area contributed by atoms with Crippen molar-refractivity contribution in [3.05, 3.63) is 65.6 Å². The van der Waals surface area contributed by atoms with Gasteiger partial charge in [-0.25, -0.2) is 27.9 Å². The fraction of sp³-hybridized carbons (Fsp3) is 0.261. The van der Waals surface area contributed by atoms with Crippen molar-refractivity contribution >= 4 is 27.8 Å². The van der Waals surface area contributed by atoms with E-state index < -0.39 is 33.7 Å². The highest BCUT2D eigenvalue weighted by Crippen LogP contribution is 2.32. The van der Waals surface area contributed by atoms with Crippen LogP contribution in [0.5, 0.6) is 5.75 Å². The summed E-state index contributed by atoms with van der Waals surface area (Å²) in [6, 6.07) is 7.39. The van der Waals surface area contributed by atoms with Gasteiger partial charge in [-0.2, -0.15) is 4.36 Å². The molecule has 0 saturated heterocycles. The standard InChI is InChI=1S/C23H25F3N4O5S/c1-33-6-7-35-23(31)30-36(3,32)13-14-8-16(25)10-17(9-14)28-22-27-12-19(26)21(29-22)18-5-4-15(24)11-20(18)34-2/h4-5,8-12,36H,6-7,13H2,1-3H3,(H,27,28,29)(H,30,31,32). The van der Waals surface area contributed by atoms with E-state index in [-0.39, 0.29) is 47.6 Å². The molecule has 2 aromatic carbocycles. The first-order valence-electron chi connectivity index (χ1n) is 10.5. The molecule has 1 aromatic heterocycles. The molecular formula is C23H25F3N4O5S. The minimum absolute atomic E-state index is 0.0175. The minimum atomic E-state index is -3.17. The van der Waals surface area contributed by atoms with Gasteiger partial charge in [-0.3, -0.25) is 0 Å². The molecule has 2 N–H and O–H groups in total. The average Bonchev–Trinajstić information content (AvgIpc) is 2.79. The van der Waals surface area contributed by atoms with Crippen molar-refractivity contribution in [3.63, 3.8) is 0 Å². The van der Waals surface area contributed by atoms with Crippen LogP contribution in [-0.2, 0) is 25.3 Å². The Morgan fingerprint density at radius 1 is 1.11 bits per heavy atom. The van der Waals surface area contributed by atoms with Gasteiger partial charge < -0.3 is 24.1 Å². The summed E-state index contributed by atoms with van der Waals surface area (Å²) in [5, 5.41) is 2.78. The zero-order valence-corrected chi connectivity index (χ0v) is 20.6. The Morgan fingerprint density at radius 2 is 1.89 bits per heavy atom. The van der Waals surface area contributed by atoms with Crippen LogP contribution in [0.2, 0.25) is 0 Å². The van der Waals surface area contributed by atoms with E-state index in [9.17, 15) is 22.5 Å². The third-order valence-corrected chi connectivity index (χ3v) is 6.23. The molecule has 0 bridgehead atoms. The van der Waals surface area contributed by atoms with Crippen molar-refractivity contribution in [3.8, 4) is 17.0 Å². The van der Waals surface area contributed by atoms with E-state index in [1.165, 1.54) is 38.7 Å². The van der Waals surface area contributed by atoms with Gasteiger partial charge in [0.1, 0.15) is 29.7 Å². The van der Waals surface area contributed by atoms with E-state index in [0.717, 1.165) is 24.4 Å². The summed E-state index contributed by atoms with van der Waals surface area (Å²) in [4.78, 5) is 19.8. The molecule has 9 nitrogen and oxygen atoms in total. The number of amides is 1. The van der Waals surface area contributed by atoms with Gasteiger partial charge in [0, 0.05) is 30.2 Å². The van der Waals surface area contributed by atoms with Crippen molar-refractivity contribution in [2.75, 3.05) is 39.0 Å². The molecule has 0 aliphatic carbocycles. The number of nitrogens with zero attached hydrogens (tertiary/aromatic N) is 3. The molecule has 1 heterocycles. The molecule has 0 radical (unpaired) electrons. The third-order valence-electron chi connectivity index (χ3n) is 4.67. The zero-order valence-electron chi connectivity index (χ0n) is 19.7. The highest BCUT2D eigenvalue weighted by atomic mass is 32.3. The molecule has 0 saturated carbocycles. The second kappa shape index (κ2) is 11.9. The number of carbonyl (C=O) groups excluding carboxylic acids is 1. The lowest BCUT2D eigenvalue weighted by molar-refractivity contribution is 0.105. The molecule has 194 valence electrons. The van der Waals surface area contributed by atoms with Crippen LogP contribution in [-0.4, -0.2) is 54.3 Å². The van der Waals surface area contributed by atoms with Gasteiger partial charge in [0.05, 0.1) is 19.9 Å². The molecule has 36 heavy (non-hydrogen) atoms. The summed E-state index contributed by atoms with van der Waals surface area (Å²) in [7, 11) is -0.410. The van der Waals surface area contributed by atoms with Gasteiger partial charge in [-0.1, -0.05) is 10.1 Å². The number of methoxy groups -OCH3 is 2. The first kappa shape index (κ1) is 27.0. The molecule has 0 unspecified atom stereocenters. The molecule has 13 heteroatoms. The quantitative estimate of drug-likeness (QED) is 0.270. The van der Waals surface area contributed by atoms with Crippen LogP contribution in [0.1, 0.15) is 5.56 Å². The molecule has 0 atom stereocenters. The van der Waals surface area contributed by atoms with Gasteiger partial charge in [0.2, 0.25) is 5.95 Å². The smallest absolute Gasteiger partial charge is 0.439 e. The van der Waals surface area contributed by atoms with E-state index in [4.69, 9.17) is 14.2 Å². The van der Waals surface area contributed by atoms with Gasteiger partial charge in [0.15, 0.2) is 5.82 Å². The number of benzene rings is 2. The van der Waals surface area contributed by atoms with Crippen LogP contribution >= 0.6 is 0 Å². The van der Waals surface area contributed by atoms with Gasteiger partial charge in [0.25, 0.3) is 0 Å². The topological polar surface area (TPSA) is 115 Å². The number of aromatic nitrogens is 2. The largest absolute Gasteiger partial charge is 0.496 e. The minimum Gasteiger partial charge on any atom is -0.496 e. The van der Waals surface area contributed by atoms with Crippen molar-refractivity contribution in [2.45, 2.75) is 5.75 Å². The summed E-state index contributed by atoms with van der Waals surface area (Å²) in [5.74, 6) is -2.08. The summed E-state index contributed by atoms with van der Waals surface area (Å²) in [6.07, 6.45) is 1.36. The van der Waals surface area contributed by atoms with Crippen LogP contribution in [0.4, 0.5) is 29.6 Å².